The molecule has 0 aliphatic rings. The summed E-state index contributed by atoms with van der Waals surface area (Å²) in [6.07, 6.45) is 3.77. The molecule has 0 atom stereocenters. The molecule has 2 nitrogen and oxygen atoms in total. The van der Waals surface area contributed by atoms with Gasteiger partial charge in [-0.3, -0.25) is 0 Å². The van der Waals surface area contributed by atoms with E-state index >= 15 is 0 Å². The molecular weight excluding hydrogens is 219 g/mol. The van der Waals surface area contributed by atoms with Crippen molar-refractivity contribution in [3.8, 4) is 0 Å². The Bertz CT molecular complexity index is 134. The normalized spacial score (nSPS) is 9.42. The van der Waals surface area contributed by atoms with E-state index < -0.39 is 0 Å². The van der Waals surface area contributed by atoms with Gasteiger partial charge in [-0.15, -0.1) is 0 Å². The number of carbonyl (C=O) groups excluding carboxylic acids is 1. The van der Waals surface area contributed by atoms with Gasteiger partial charge >= 0.3 is 80.1 Å². The number of unbranched alkanes of at least 4 members (excludes halogenated alkanes) is 1. The zero-order chi connectivity index (χ0) is 9.23. The fourth-order valence-corrected chi connectivity index (χ4v) is 2.49. The van der Waals surface area contributed by atoms with E-state index in [1.165, 1.54) is 24.2 Å². The van der Waals surface area contributed by atoms with Gasteiger partial charge in [0.1, 0.15) is 0 Å². The van der Waals surface area contributed by atoms with Crippen LogP contribution in [0.4, 0.5) is 0 Å². The van der Waals surface area contributed by atoms with Crippen LogP contribution in [0.2, 0.25) is 10.6 Å². The number of carbonyl (C=O) groups is 1. The van der Waals surface area contributed by atoms with Crippen LogP contribution in [-0.4, -0.2) is 27.5 Å². The Morgan fingerprint density at radius 3 is 2.92 bits per heavy atom. The molecule has 0 amide bonds. The summed E-state index contributed by atoms with van der Waals surface area (Å²) in [6, 6.07) is 0. The van der Waals surface area contributed by atoms with Crippen molar-refractivity contribution in [1.82, 2.24) is 0 Å². The second kappa shape index (κ2) is 8.82. The van der Waals surface area contributed by atoms with Crippen LogP contribution in [0.5, 0.6) is 0 Å². The Labute approximate surface area is 80.5 Å². The van der Waals surface area contributed by atoms with E-state index in [2.05, 4.69) is 13.5 Å². The van der Waals surface area contributed by atoms with Gasteiger partial charge in [0.05, 0.1) is 0 Å². The second-order valence-electron chi connectivity index (χ2n) is 2.34. The van der Waals surface area contributed by atoms with Gasteiger partial charge in [-0.1, -0.05) is 0 Å². The summed E-state index contributed by atoms with van der Waals surface area (Å²) < 4.78 is 4.83. The molecule has 0 saturated carbocycles. The van der Waals surface area contributed by atoms with E-state index in [1.54, 1.807) is 0 Å². The first kappa shape index (κ1) is 11.7. The standard InChI is InChI=1S/C9H16O2Se/c1-3-5-7-12-8-6-11-9(10)4-2/h4H,2-3,5-8H2,1H3. The third kappa shape index (κ3) is 7.83. The topological polar surface area (TPSA) is 26.3 Å². The maximum absolute atomic E-state index is 10.6. The van der Waals surface area contributed by atoms with E-state index in [4.69, 9.17) is 4.74 Å². The number of hydrogen-bond acceptors (Lipinski definition) is 2. The van der Waals surface area contributed by atoms with Crippen molar-refractivity contribution in [2.75, 3.05) is 6.61 Å². The molecule has 0 fully saturated rings. The SMILES string of the molecule is C=CC(=O)OCC[Se]CCCC. The van der Waals surface area contributed by atoms with Gasteiger partial charge in [0.15, 0.2) is 0 Å². The van der Waals surface area contributed by atoms with Crippen LogP contribution in [0.15, 0.2) is 12.7 Å². The summed E-state index contributed by atoms with van der Waals surface area (Å²) in [5.41, 5.74) is 0. The summed E-state index contributed by atoms with van der Waals surface area (Å²) in [5.74, 6) is -0.304. The first-order valence-corrected chi connectivity index (χ1v) is 6.60. The maximum atomic E-state index is 10.6. The van der Waals surface area contributed by atoms with E-state index in [9.17, 15) is 4.79 Å². The Hall–Kier alpha value is -0.271. The molecule has 0 aromatic rings. The molecule has 0 unspecified atom stereocenters. The fourth-order valence-electron chi connectivity index (χ4n) is 0.609. The van der Waals surface area contributed by atoms with E-state index in [0.29, 0.717) is 21.6 Å². The van der Waals surface area contributed by atoms with Crippen LogP contribution in [0, 0.1) is 0 Å². The van der Waals surface area contributed by atoms with Crippen LogP contribution in [0.25, 0.3) is 0 Å². The third-order valence-corrected chi connectivity index (χ3v) is 3.45. The fraction of sp³-hybridized carbons (Fsp3) is 0.667. The second-order valence-corrected chi connectivity index (χ2v) is 4.91. The number of esters is 1. The summed E-state index contributed by atoms with van der Waals surface area (Å²) in [7, 11) is 0. The molecule has 0 radical (unpaired) electrons. The molecule has 0 saturated heterocycles. The molecule has 0 N–H and O–H groups in total. The van der Waals surface area contributed by atoms with Gasteiger partial charge in [-0.25, -0.2) is 0 Å². The monoisotopic (exact) mass is 236 g/mol. The Balaban J connectivity index is 3.00. The number of rotatable bonds is 7. The predicted molar refractivity (Wildman–Crippen MR) is 51.4 cm³/mol. The van der Waals surface area contributed by atoms with Crippen molar-refractivity contribution < 1.29 is 9.53 Å². The van der Waals surface area contributed by atoms with Gasteiger partial charge in [0.25, 0.3) is 0 Å². The molecule has 12 heavy (non-hydrogen) atoms. The summed E-state index contributed by atoms with van der Waals surface area (Å²) in [6.45, 7) is 6.07. The Morgan fingerprint density at radius 1 is 1.58 bits per heavy atom. The van der Waals surface area contributed by atoms with Gasteiger partial charge in [-0.2, -0.15) is 0 Å². The molecule has 70 valence electrons. The molecule has 0 bridgehead atoms. The quantitative estimate of drug-likeness (QED) is 0.292. The molecule has 0 aromatic heterocycles. The van der Waals surface area contributed by atoms with Crippen LogP contribution in [-0.2, 0) is 9.53 Å². The molecule has 3 heteroatoms. The number of ether oxygens (including phenoxy) is 1. The molecule has 0 aliphatic carbocycles. The van der Waals surface area contributed by atoms with Crippen molar-refractivity contribution >= 4 is 20.9 Å². The zero-order valence-electron chi connectivity index (χ0n) is 7.54. The molecule has 0 spiro atoms. The van der Waals surface area contributed by atoms with Crippen molar-refractivity contribution in [1.29, 1.82) is 0 Å². The zero-order valence-corrected chi connectivity index (χ0v) is 9.26. The van der Waals surface area contributed by atoms with Gasteiger partial charge in [0, 0.05) is 0 Å². The molecule has 0 aliphatic heterocycles. The van der Waals surface area contributed by atoms with Crippen LogP contribution in [0.1, 0.15) is 19.8 Å². The van der Waals surface area contributed by atoms with Crippen molar-refractivity contribution in [3.05, 3.63) is 12.7 Å². The molecule has 0 heterocycles. The summed E-state index contributed by atoms with van der Waals surface area (Å²) in [5, 5.41) is 2.34. The van der Waals surface area contributed by atoms with Gasteiger partial charge < -0.3 is 0 Å². The van der Waals surface area contributed by atoms with E-state index in [-0.39, 0.29) is 5.97 Å². The molecule has 0 aromatic carbocycles. The van der Waals surface area contributed by atoms with Crippen molar-refractivity contribution in [3.63, 3.8) is 0 Å². The summed E-state index contributed by atoms with van der Waals surface area (Å²) >= 11 is 0.650. The summed E-state index contributed by atoms with van der Waals surface area (Å²) in [4.78, 5) is 10.6. The molecule has 0 rings (SSSR count). The van der Waals surface area contributed by atoms with E-state index in [1.807, 2.05) is 0 Å². The van der Waals surface area contributed by atoms with Crippen LogP contribution < -0.4 is 0 Å². The van der Waals surface area contributed by atoms with Gasteiger partial charge in [0.2, 0.25) is 0 Å². The van der Waals surface area contributed by atoms with E-state index in [0.717, 1.165) is 5.32 Å². The first-order valence-electron chi connectivity index (χ1n) is 4.18. The number of hydrogen-bond donors (Lipinski definition) is 0. The van der Waals surface area contributed by atoms with Crippen molar-refractivity contribution in [2.24, 2.45) is 0 Å². The predicted octanol–water partition coefficient (Wildman–Crippen LogP) is 2.06. The third-order valence-electron chi connectivity index (χ3n) is 1.28. The first-order chi connectivity index (χ1) is 5.81. The Morgan fingerprint density at radius 2 is 2.33 bits per heavy atom. The van der Waals surface area contributed by atoms with Crippen molar-refractivity contribution in [2.45, 2.75) is 30.4 Å². The van der Waals surface area contributed by atoms with Gasteiger partial charge in [-0.05, 0) is 0 Å². The average Bonchev–Trinajstić information content (AvgIpc) is 2.10. The molecular formula is C9H16O2Se. The minimum atomic E-state index is -0.304. The van der Waals surface area contributed by atoms with Crippen LogP contribution >= 0.6 is 0 Å². The van der Waals surface area contributed by atoms with Crippen LogP contribution in [0.3, 0.4) is 0 Å². The minimum absolute atomic E-state index is 0.304. The average molecular weight is 235 g/mol. The Kier molecular flexibility index (Phi) is 8.62.